The van der Waals surface area contributed by atoms with Crippen molar-refractivity contribution in [1.29, 1.82) is 0 Å². The van der Waals surface area contributed by atoms with Gasteiger partial charge in [-0.1, -0.05) is 0 Å². The second-order valence-electron chi connectivity index (χ2n) is 7.32. The molecule has 0 aromatic heterocycles. The summed E-state index contributed by atoms with van der Waals surface area (Å²) in [6, 6.07) is 3.85. The molecule has 26 heavy (non-hydrogen) atoms. The number of methoxy groups -OCH3 is 1. The SMILES string of the molecule is COC(=O)c1ccc(OC2(C)CN(C(=O)OC(C)(C)C)C2)c([N+](=O)[O-])c1. The van der Waals surface area contributed by atoms with Crippen LogP contribution in [-0.2, 0) is 9.47 Å². The minimum absolute atomic E-state index is 0.0222. The lowest BCUT2D eigenvalue weighted by atomic mass is 9.97. The predicted molar refractivity (Wildman–Crippen MR) is 91.3 cm³/mol. The number of carbonyl (C=O) groups is 2. The molecule has 1 amide bonds. The van der Waals surface area contributed by atoms with Gasteiger partial charge in [-0.25, -0.2) is 9.59 Å². The molecule has 142 valence electrons. The van der Waals surface area contributed by atoms with Gasteiger partial charge < -0.3 is 19.1 Å². The molecular formula is C17H22N2O7. The molecule has 1 aliphatic rings. The smallest absolute Gasteiger partial charge is 0.410 e. The summed E-state index contributed by atoms with van der Waals surface area (Å²) in [5.41, 5.74) is -1.67. The highest BCUT2D eigenvalue weighted by Gasteiger charge is 2.46. The standard InChI is InChI=1S/C17H22N2O7/c1-16(2,3)26-15(21)18-9-17(4,10-18)25-13-7-6-11(14(20)24-5)8-12(13)19(22)23/h6-8H,9-10H2,1-5H3. The number of hydrogen-bond donors (Lipinski definition) is 0. The summed E-state index contributed by atoms with van der Waals surface area (Å²) >= 11 is 0. The third-order valence-electron chi connectivity index (χ3n) is 3.64. The average Bonchev–Trinajstić information content (AvgIpc) is 2.50. The minimum atomic E-state index is -0.783. The van der Waals surface area contributed by atoms with E-state index in [4.69, 9.17) is 9.47 Å². The Kier molecular flexibility index (Phi) is 5.11. The summed E-state index contributed by atoms with van der Waals surface area (Å²) in [6.45, 7) is 7.52. The van der Waals surface area contributed by atoms with E-state index in [1.165, 1.54) is 24.1 Å². The largest absolute Gasteiger partial charge is 0.477 e. The topological polar surface area (TPSA) is 108 Å². The molecule has 0 N–H and O–H groups in total. The third-order valence-corrected chi connectivity index (χ3v) is 3.64. The highest BCUT2D eigenvalue weighted by molar-refractivity contribution is 5.90. The fourth-order valence-electron chi connectivity index (χ4n) is 2.54. The van der Waals surface area contributed by atoms with Gasteiger partial charge in [-0.05, 0) is 39.8 Å². The van der Waals surface area contributed by atoms with Crippen LogP contribution in [0.1, 0.15) is 38.1 Å². The molecule has 0 unspecified atom stereocenters. The number of rotatable bonds is 4. The Bertz CT molecular complexity index is 733. The van der Waals surface area contributed by atoms with Crippen molar-refractivity contribution in [2.75, 3.05) is 20.2 Å². The number of ether oxygens (including phenoxy) is 3. The molecule has 1 aromatic rings. The second kappa shape index (κ2) is 6.81. The normalized spacial score (nSPS) is 15.7. The molecule has 0 saturated carbocycles. The zero-order chi connectivity index (χ0) is 19.7. The summed E-state index contributed by atoms with van der Waals surface area (Å²) in [4.78, 5) is 35.7. The van der Waals surface area contributed by atoms with Crippen LogP contribution in [-0.4, -0.2) is 53.3 Å². The van der Waals surface area contributed by atoms with Gasteiger partial charge in [0, 0.05) is 6.07 Å². The van der Waals surface area contributed by atoms with Gasteiger partial charge in [-0.2, -0.15) is 0 Å². The molecule has 0 bridgehead atoms. The van der Waals surface area contributed by atoms with Crippen LogP contribution in [0.3, 0.4) is 0 Å². The Balaban J connectivity index is 2.10. The third kappa shape index (κ3) is 4.41. The van der Waals surface area contributed by atoms with E-state index in [2.05, 4.69) is 4.74 Å². The quantitative estimate of drug-likeness (QED) is 0.458. The molecule has 0 atom stereocenters. The lowest BCUT2D eigenvalue weighted by molar-refractivity contribution is -0.386. The van der Waals surface area contributed by atoms with E-state index in [0.29, 0.717) is 0 Å². The zero-order valence-corrected chi connectivity index (χ0v) is 15.4. The van der Waals surface area contributed by atoms with Crippen molar-refractivity contribution in [3.8, 4) is 5.75 Å². The summed E-state index contributed by atoms with van der Waals surface area (Å²) in [6.07, 6.45) is -0.464. The lowest BCUT2D eigenvalue weighted by Gasteiger charge is -2.47. The molecule has 0 spiro atoms. The Morgan fingerprint density at radius 2 is 1.88 bits per heavy atom. The highest BCUT2D eigenvalue weighted by Crippen LogP contribution is 2.35. The Morgan fingerprint density at radius 3 is 2.38 bits per heavy atom. The van der Waals surface area contributed by atoms with Crippen molar-refractivity contribution in [3.63, 3.8) is 0 Å². The van der Waals surface area contributed by atoms with Crippen LogP contribution >= 0.6 is 0 Å². The minimum Gasteiger partial charge on any atom is -0.477 e. The first kappa shape index (κ1) is 19.5. The number of amides is 1. The van der Waals surface area contributed by atoms with Gasteiger partial charge in [0.25, 0.3) is 0 Å². The molecule has 1 aromatic carbocycles. The van der Waals surface area contributed by atoms with E-state index in [1.807, 2.05) is 0 Å². The summed E-state index contributed by atoms with van der Waals surface area (Å²) in [7, 11) is 1.19. The van der Waals surface area contributed by atoms with Crippen LogP contribution in [0.5, 0.6) is 5.75 Å². The van der Waals surface area contributed by atoms with E-state index in [0.717, 1.165) is 6.07 Å². The van der Waals surface area contributed by atoms with Crippen molar-refractivity contribution < 1.29 is 28.7 Å². The van der Waals surface area contributed by atoms with E-state index in [9.17, 15) is 19.7 Å². The molecule has 1 saturated heterocycles. The number of nitro benzene ring substituents is 1. The Labute approximate surface area is 151 Å². The maximum absolute atomic E-state index is 12.0. The molecular weight excluding hydrogens is 344 g/mol. The van der Waals surface area contributed by atoms with Gasteiger partial charge in [-0.3, -0.25) is 10.1 Å². The first-order valence-corrected chi connectivity index (χ1v) is 7.98. The maximum atomic E-state index is 12.0. The van der Waals surface area contributed by atoms with Gasteiger partial charge in [0.15, 0.2) is 5.75 Å². The number of benzene rings is 1. The van der Waals surface area contributed by atoms with Crippen LogP contribution in [0, 0.1) is 10.1 Å². The van der Waals surface area contributed by atoms with Crippen molar-refractivity contribution in [3.05, 3.63) is 33.9 Å². The van der Waals surface area contributed by atoms with Gasteiger partial charge in [0.2, 0.25) is 0 Å². The number of carbonyl (C=O) groups excluding carboxylic acids is 2. The van der Waals surface area contributed by atoms with Gasteiger partial charge in [0.1, 0.15) is 11.2 Å². The summed E-state index contributed by atoms with van der Waals surface area (Å²) in [5, 5.41) is 11.3. The van der Waals surface area contributed by atoms with Crippen LogP contribution in [0.2, 0.25) is 0 Å². The summed E-state index contributed by atoms with van der Waals surface area (Å²) < 4.78 is 15.6. The van der Waals surface area contributed by atoms with Crippen LogP contribution < -0.4 is 4.74 Å². The molecule has 0 aliphatic carbocycles. The molecule has 9 nitrogen and oxygen atoms in total. The number of nitrogens with zero attached hydrogens (tertiary/aromatic N) is 2. The molecule has 2 rings (SSSR count). The maximum Gasteiger partial charge on any atom is 0.410 e. The fourth-order valence-corrected chi connectivity index (χ4v) is 2.54. The monoisotopic (exact) mass is 366 g/mol. The van der Waals surface area contributed by atoms with Gasteiger partial charge in [-0.15, -0.1) is 0 Å². The average molecular weight is 366 g/mol. The van der Waals surface area contributed by atoms with Crippen LogP contribution in [0.15, 0.2) is 18.2 Å². The van der Waals surface area contributed by atoms with E-state index in [1.54, 1.807) is 27.7 Å². The Morgan fingerprint density at radius 1 is 1.27 bits per heavy atom. The predicted octanol–water partition coefficient (Wildman–Crippen LogP) is 2.77. The number of hydrogen-bond acceptors (Lipinski definition) is 7. The zero-order valence-electron chi connectivity index (χ0n) is 15.4. The van der Waals surface area contributed by atoms with Crippen molar-refractivity contribution >= 4 is 17.7 Å². The second-order valence-corrected chi connectivity index (χ2v) is 7.32. The first-order valence-electron chi connectivity index (χ1n) is 7.98. The van der Waals surface area contributed by atoms with E-state index < -0.39 is 28.2 Å². The molecule has 1 aliphatic heterocycles. The van der Waals surface area contributed by atoms with Gasteiger partial charge >= 0.3 is 17.7 Å². The van der Waals surface area contributed by atoms with Crippen LogP contribution in [0.4, 0.5) is 10.5 Å². The lowest BCUT2D eigenvalue weighted by Crippen LogP contribution is -2.65. The van der Waals surface area contributed by atoms with Crippen LogP contribution in [0.25, 0.3) is 0 Å². The number of esters is 1. The summed E-state index contributed by atoms with van der Waals surface area (Å²) in [5.74, 6) is -0.653. The molecule has 9 heteroatoms. The van der Waals surface area contributed by atoms with Gasteiger partial charge in [0.05, 0.1) is 30.7 Å². The van der Waals surface area contributed by atoms with E-state index >= 15 is 0 Å². The first-order chi connectivity index (χ1) is 11.9. The van der Waals surface area contributed by atoms with Crippen molar-refractivity contribution in [2.24, 2.45) is 0 Å². The van der Waals surface area contributed by atoms with Crippen molar-refractivity contribution in [1.82, 2.24) is 4.90 Å². The van der Waals surface area contributed by atoms with Crippen molar-refractivity contribution in [2.45, 2.75) is 38.9 Å². The Hall–Kier alpha value is -2.84. The van der Waals surface area contributed by atoms with E-state index in [-0.39, 0.29) is 30.1 Å². The molecule has 1 heterocycles. The number of nitro groups is 1. The molecule has 1 fully saturated rings. The number of likely N-dealkylation sites (tertiary alicyclic amines) is 1. The highest BCUT2D eigenvalue weighted by atomic mass is 16.6. The fraction of sp³-hybridized carbons (Fsp3) is 0.529. The molecule has 0 radical (unpaired) electrons.